The summed E-state index contributed by atoms with van der Waals surface area (Å²) in [6.45, 7) is 10.8. The number of morpholine rings is 1. The van der Waals surface area contributed by atoms with Crippen LogP contribution in [0.5, 0.6) is 0 Å². The fraction of sp³-hybridized carbons (Fsp3) is 0.960. The van der Waals surface area contributed by atoms with Crippen LogP contribution in [-0.4, -0.2) is 111 Å². The average molecular weight is 449 g/mol. The molecule has 4 fully saturated rings. The van der Waals surface area contributed by atoms with Crippen molar-refractivity contribution in [3.63, 3.8) is 0 Å². The molecule has 2 N–H and O–H groups in total. The standard InChI is InChI=1S/C25H48N6O/c1-26-23(27-21-24(9-5-3-6-10-24)31-17-19-32-20-18-31)28-22-25(11-15-29(2)16-12-25)30-13-7-4-8-14-30/h3-22H2,1-2H3,(H2,26,27,28). The van der Waals surface area contributed by atoms with Crippen LogP contribution in [-0.2, 0) is 4.74 Å². The Morgan fingerprint density at radius 1 is 0.719 bits per heavy atom. The lowest BCUT2D eigenvalue weighted by molar-refractivity contribution is -0.0353. The van der Waals surface area contributed by atoms with Crippen molar-refractivity contribution in [2.75, 3.05) is 79.7 Å². The molecule has 0 aromatic heterocycles. The Hall–Kier alpha value is -0.890. The van der Waals surface area contributed by atoms with Crippen LogP contribution < -0.4 is 10.6 Å². The van der Waals surface area contributed by atoms with Gasteiger partial charge in [0, 0.05) is 44.3 Å². The monoisotopic (exact) mass is 448 g/mol. The Labute approximate surface area is 196 Å². The normalized spacial score (nSPS) is 28.4. The molecule has 3 saturated heterocycles. The number of hydrogen-bond donors (Lipinski definition) is 2. The van der Waals surface area contributed by atoms with E-state index < -0.39 is 0 Å². The van der Waals surface area contributed by atoms with Crippen LogP contribution in [0.3, 0.4) is 0 Å². The lowest BCUT2D eigenvalue weighted by Gasteiger charge is -2.50. The summed E-state index contributed by atoms with van der Waals surface area (Å²) in [7, 11) is 4.20. The lowest BCUT2D eigenvalue weighted by Crippen LogP contribution is -2.63. The van der Waals surface area contributed by atoms with Gasteiger partial charge in [-0.2, -0.15) is 0 Å². The quantitative estimate of drug-likeness (QED) is 0.480. The molecule has 1 aliphatic carbocycles. The number of nitrogens with zero attached hydrogens (tertiary/aromatic N) is 4. The third kappa shape index (κ3) is 5.78. The predicted octanol–water partition coefficient (Wildman–Crippen LogP) is 2.14. The predicted molar refractivity (Wildman–Crippen MR) is 132 cm³/mol. The van der Waals surface area contributed by atoms with E-state index in [1.165, 1.54) is 90.4 Å². The zero-order valence-electron chi connectivity index (χ0n) is 20.8. The van der Waals surface area contributed by atoms with Crippen molar-refractivity contribution in [3.05, 3.63) is 0 Å². The molecular weight excluding hydrogens is 400 g/mol. The van der Waals surface area contributed by atoms with Crippen molar-refractivity contribution in [1.29, 1.82) is 0 Å². The first-order valence-electron chi connectivity index (χ1n) is 13.4. The summed E-state index contributed by atoms with van der Waals surface area (Å²) in [5, 5.41) is 7.56. The highest BCUT2D eigenvalue weighted by atomic mass is 16.5. The fourth-order valence-electron chi connectivity index (χ4n) is 6.58. The van der Waals surface area contributed by atoms with E-state index in [0.29, 0.717) is 0 Å². The molecule has 0 unspecified atom stereocenters. The number of hydrogen-bond acceptors (Lipinski definition) is 5. The van der Waals surface area contributed by atoms with Gasteiger partial charge in [0.2, 0.25) is 0 Å². The molecule has 0 spiro atoms. The zero-order chi connectivity index (χ0) is 22.3. The molecule has 0 atom stereocenters. The van der Waals surface area contributed by atoms with Gasteiger partial charge < -0.3 is 20.3 Å². The third-order valence-corrected chi connectivity index (χ3v) is 8.80. The number of likely N-dealkylation sites (tertiary alicyclic amines) is 2. The van der Waals surface area contributed by atoms with Crippen molar-refractivity contribution >= 4 is 5.96 Å². The van der Waals surface area contributed by atoms with Crippen LogP contribution >= 0.6 is 0 Å². The first-order valence-corrected chi connectivity index (χ1v) is 13.4. The molecule has 7 heteroatoms. The molecule has 184 valence electrons. The second kappa shape index (κ2) is 11.5. The maximum absolute atomic E-state index is 5.66. The molecule has 3 heterocycles. The molecule has 4 rings (SSSR count). The van der Waals surface area contributed by atoms with E-state index in [4.69, 9.17) is 4.74 Å². The first-order chi connectivity index (χ1) is 15.7. The van der Waals surface area contributed by atoms with Gasteiger partial charge in [-0.3, -0.25) is 14.8 Å². The molecule has 32 heavy (non-hydrogen) atoms. The lowest BCUT2D eigenvalue weighted by atomic mass is 9.79. The van der Waals surface area contributed by atoms with E-state index >= 15 is 0 Å². The Bertz CT molecular complexity index is 585. The highest BCUT2D eigenvalue weighted by Crippen LogP contribution is 2.34. The van der Waals surface area contributed by atoms with Gasteiger partial charge in [-0.1, -0.05) is 25.7 Å². The van der Waals surface area contributed by atoms with Crippen LogP contribution in [0.1, 0.15) is 64.2 Å². The Morgan fingerprint density at radius 3 is 1.84 bits per heavy atom. The minimum Gasteiger partial charge on any atom is -0.379 e. The van der Waals surface area contributed by atoms with Gasteiger partial charge in [0.05, 0.1) is 13.2 Å². The van der Waals surface area contributed by atoms with E-state index in [9.17, 15) is 0 Å². The van der Waals surface area contributed by atoms with E-state index in [1.54, 1.807) is 0 Å². The fourth-order valence-corrected chi connectivity index (χ4v) is 6.58. The Balaban J connectivity index is 1.37. The molecule has 0 aromatic rings. The van der Waals surface area contributed by atoms with Crippen molar-refractivity contribution in [2.24, 2.45) is 4.99 Å². The van der Waals surface area contributed by atoms with Gasteiger partial charge >= 0.3 is 0 Å². The highest BCUT2D eigenvalue weighted by Gasteiger charge is 2.41. The number of rotatable bonds is 6. The summed E-state index contributed by atoms with van der Waals surface area (Å²) in [6.07, 6.45) is 13.3. The van der Waals surface area contributed by atoms with Crippen molar-refractivity contribution < 1.29 is 4.74 Å². The van der Waals surface area contributed by atoms with Crippen LogP contribution in [0.15, 0.2) is 4.99 Å². The van der Waals surface area contributed by atoms with Gasteiger partial charge in [0.1, 0.15) is 0 Å². The van der Waals surface area contributed by atoms with Crippen LogP contribution in [0.4, 0.5) is 0 Å². The topological polar surface area (TPSA) is 55.4 Å². The van der Waals surface area contributed by atoms with E-state index in [2.05, 4.69) is 37.4 Å². The van der Waals surface area contributed by atoms with Crippen LogP contribution in [0.2, 0.25) is 0 Å². The van der Waals surface area contributed by atoms with Gasteiger partial charge in [-0.05, 0) is 71.8 Å². The smallest absolute Gasteiger partial charge is 0.191 e. The third-order valence-electron chi connectivity index (χ3n) is 8.80. The Kier molecular flexibility index (Phi) is 8.71. The minimum atomic E-state index is 0.262. The van der Waals surface area contributed by atoms with Gasteiger partial charge in [-0.25, -0.2) is 0 Å². The Morgan fingerprint density at radius 2 is 1.25 bits per heavy atom. The summed E-state index contributed by atoms with van der Waals surface area (Å²) < 4.78 is 5.66. The molecule has 0 aromatic carbocycles. The van der Waals surface area contributed by atoms with Crippen LogP contribution in [0, 0.1) is 0 Å². The van der Waals surface area contributed by atoms with Crippen LogP contribution in [0.25, 0.3) is 0 Å². The maximum Gasteiger partial charge on any atom is 0.191 e. The van der Waals surface area contributed by atoms with Gasteiger partial charge in [-0.15, -0.1) is 0 Å². The maximum atomic E-state index is 5.66. The second-order valence-electron chi connectivity index (χ2n) is 10.7. The largest absolute Gasteiger partial charge is 0.379 e. The summed E-state index contributed by atoms with van der Waals surface area (Å²) in [5.74, 6) is 0.985. The summed E-state index contributed by atoms with van der Waals surface area (Å²) >= 11 is 0. The molecular formula is C25H48N6O. The minimum absolute atomic E-state index is 0.262. The number of piperidine rings is 2. The second-order valence-corrected chi connectivity index (χ2v) is 10.7. The number of aliphatic imine (C=N–C) groups is 1. The van der Waals surface area contributed by atoms with Gasteiger partial charge in [0.15, 0.2) is 5.96 Å². The number of guanidine groups is 1. The molecule has 0 amide bonds. The zero-order valence-corrected chi connectivity index (χ0v) is 20.8. The van der Waals surface area contributed by atoms with Crippen molar-refractivity contribution in [3.8, 4) is 0 Å². The first kappa shape index (κ1) is 24.2. The average Bonchev–Trinajstić information content (AvgIpc) is 2.87. The summed E-state index contributed by atoms with van der Waals surface area (Å²) in [4.78, 5) is 12.7. The molecule has 0 bridgehead atoms. The van der Waals surface area contributed by atoms with E-state index in [1.807, 2.05) is 7.05 Å². The molecule has 1 saturated carbocycles. The van der Waals surface area contributed by atoms with E-state index in [0.717, 1.165) is 45.4 Å². The molecule has 7 nitrogen and oxygen atoms in total. The summed E-state index contributed by atoms with van der Waals surface area (Å²) in [6, 6.07) is 0. The number of nitrogens with one attached hydrogen (secondary N) is 2. The highest BCUT2D eigenvalue weighted by molar-refractivity contribution is 5.79. The van der Waals surface area contributed by atoms with Crippen molar-refractivity contribution in [2.45, 2.75) is 75.3 Å². The van der Waals surface area contributed by atoms with Gasteiger partial charge in [0.25, 0.3) is 0 Å². The molecule has 4 aliphatic rings. The number of ether oxygens (including phenoxy) is 1. The SMILES string of the molecule is CN=C(NCC1(N2CCOCC2)CCCCC1)NCC1(N2CCCCC2)CCN(C)CC1. The molecule has 3 aliphatic heterocycles. The molecule has 0 radical (unpaired) electrons. The van der Waals surface area contributed by atoms with Crippen molar-refractivity contribution in [1.82, 2.24) is 25.3 Å². The summed E-state index contributed by atoms with van der Waals surface area (Å²) in [5.41, 5.74) is 0.537. The van der Waals surface area contributed by atoms with E-state index in [-0.39, 0.29) is 11.1 Å².